The van der Waals surface area contributed by atoms with Crippen molar-refractivity contribution in [3.8, 4) is 0 Å². The largest absolute Gasteiger partial charge is 0.389 e. The molecule has 0 unspecified atom stereocenters. The van der Waals surface area contributed by atoms with Gasteiger partial charge in [0.15, 0.2) is 0 Å². The summed E-state index contributed by atoms with van der Waals surface area (Å²) in [6.07, 6.45) is 0. The molecule has 0 spiro atoms. The smallest absolute Gasteiger partial charge is 0.263 e. The molecular formula is C3H2ClNOS2. The maximum Gasteiger partial charge on any atom is 0.263 e. The van der Waals surface area contributed by atoms with Crippen LogP contribution in [0.15, 0.2) is 4.79 Å². The molecule has 44 valence electrons. The van der Waals surface area contributed by atoms with Crippen molar-refractivity contribution < 1.29 is 0 Å². The van der Waals surface area contributed by atoms with Gasteiger partial charge in [-0.25, -0.2) is 0 Å². The summed E-state index contributed by atoms with van der Waals surface area (Å²) in [5.74, 6) is 0. The van der Waals surface area contributed by atoms with E-state index in [0.717, 1.165) is 10.3 Å². The topological polar surface area (TPSA) is 43.1 Å². The second-order valence-corrected chi connectivity index (χ2v) is 3.65. The number of nitrogens with two attached hydrogens (primary N) is 1. The second-order valence-electron chi connectivity index (χ2n) is 1.13. The van der Waals surface area contributed by atoms with Gasteiger partial charge >= 0.3 is 0 Å². The minimum atomic E-state index is -0.144. The zero-order valence-electron chi connectivity index (χ0n) is 3.68. The first-order chi connectivity index (χ1) is 3.72. The Morgan fingerprint density at radius 1 is 1.50 bits per heavy atom. The Hall–Kier alpha value is -0.0600. The van der Waals surface area contributed by atoms with Gasteiger partial charge < -0.3 is 5.73 Å². The average molecular weight is 168 g/mol. The monoisotopic (exact) mass is 167 g/mol. The quantitative estimate of drug-likeness (QED) is 0.594. The van der Waals surface area contributed by atoms with E-state index in [2.05, 4.69) is 0 Å². The molecule has 1 aromatic heterocycles. The normalized spacial score (nSPS) is 9.62. The van der Waals surface area contributed by atoms with Gasteiger partial charge in [-0.15, -0.1) is 0 Å². The summed E-state index contributed by atoms with van der Waals surface area (Å²) >= 11 is 5.38. The Morgan fingerprint density at radius 2 is 2.12 bits per heavy atom. The maximum atomic E-state index is 10.5. The molecule has 1 rings (SSSR count). The first-order valence-corrected chi connectivity index (χ1v) is 4.28. The molecule has 0 saturated carbocycles. The number of anilines is 1. The van der Waals surface area contributed by atoms with E-state index < -0.39 is 0 Å². The Kier molecular flexibility index (Phi) is 1.55. The third kappa shape index (κ3) is 0.866. The summed E-state index contributed by atoms with van der Waals surface area (Å²) in [6.45, 7) is 0. The fourth-order valence-electron chi connectivity index (χ4n) is 0.256. The van der Waals surface area contributed by atoms with Crippen molar-refractivity contribution in [1.82, 2.24) is 0 Å². The van der Waals surface area contributed by atoms with Crippen LogP contribution in [-0.4, -0.2) is 0 Å². The SMILES string of the molecule is Nc1ssc(=O)c1Cl. The van der Waals surface area contributed by atoms with Gasteiger partial charge in [-0.2, -0.15) is 0 Å². The van der Waals surface area contributed by atoms with Crippen LogP contribution >= 0.6 is 32.3 Å². The highest BCUT2D eigenvalue weighted by Crippen LogP contribution is 2.22. The molecule has 2 N–H and O–H groups in total. The van der Waals surface area contributed by atoms with Crippen LogP contribution in [-0.2, 0) is 0 Å². The summed E-state index contributed by atoms with van der Waals surface area (Å²) < 4.78 is -0.144. The molecule has 0 radical (unpaired) electrons. The van der Waals surface area contributed by atoms with E-state index in [1.165, 1.54) is 10.3 Å². The summed E-state index contributed by atoms with van der Waals surface area (Å²) in [6, 6.07) is 0. The fraction of sp³-hybridized carbons (Fsp3) is 0. The van der Waals surface area contributed by atoms with Crippen LogP contribution < -0.4 is 10.5 Å². The highest BCUT2D eigenvalue weighted by molar-refractivity contribution is 7.70. The zero-order chi connectivity index (χ0) is 6.15. The van der Waals surface area contributed by atoms with Crippen molar-refractivity contribution in [2.45, 2.75) is 0 Å². The van der Waals surface area contributed by atoms with E-state index in [4.69, 9.17) is 17.3 Å². The van der Waals surface area contributed by atoms with E-state index >= 15 is 0 Å². The van der Waals surface area contributed by atoms with E-state index in [1.807, 2.05) is 0 Å². The Labute approximate surface area is 57.9 Å². The minimum absolute atomic E-state index is 0.144. The fourth-order valence-corrected chi connectivity index (χ4v) is 2.34. The minimum Gasteiger partial charge on any atom is -0.389 e. The van der Waals surface area contributed by atoms with E-state index in [9.17, 15) is 4.79 Å². The molecule has 0 amide bonds. The van der Waals surface area contributed by atoms with Crippen LogP contribution in [0.2, 0.25) is 5.02 Å². The number of halogens is 1. The van der Waals surface area contributed by atoms with Crippen molar-refractivity contribution in [3.63, 3.8) is 0 Å². The van der Waals surface area contributed by atoms with E-state index in [0.29, 0.717) is 5.00 Å². The highest BCUT2D eigenvalue weighted by Gasteiger charge is 2.01. The molecule has 0 aliphatic heterocycles. The van der Waals surface area contributed by atoms with Gasteiger partial charge in [0.05, 0.1) is 0 Å². The Bertz CT molecular complexity index is 240. The molecule has 0 aliphatic rings. The number of hydrogen-bond donors (Lipinski definition) is 1. The zero-order valence-corrected chi connectivity index (χ0v) is 6.07. The van der Waals surface area contributed by atoms with Gasteiger partial charge in [-0.05, 0) is 10.3 Å². The molecular weight excluding hydrogens is 166 g/mol. The lowest BCUT2D eigenvalue weighted by Crippen LogP contribution is -1.89. The number of nitrogen functional groups attached to an aromatic ring is 1. The molecule has 8 heavy (non-hydrogen) atoms. The molecule has 0 aromatic carbocycles. The molecule has 0 saturated heterocycles. The van der Waals surface area contributed by atoms with E-state index in [-0.39, 0.29) is 9.77 Å². The third-order valence-electron chi connectivity index (χ3n) is 0.603. The van der Waals surface area contributed by atoms with Gasteiger partial charge in [0.1, 0.15) is 10.0 Å². The Balaban J connectivity index is 3.41. The summed E-state index contributed by atoms with van der Waals surface area (Å²) in [5, 5.41) is 0.585. The molecule has 0 aliphatic carbocycles. The van der Waals surface area contributed by atoms with Crippen LogP contribution in [0.4, 0.5) is 5.00 Å². The van der Waals surface area contributed by atoms with E-state index in [1.54, 1.807) is 0 Å². The Morgan fingerprint density at radius 3 is 2.25 bits per heavy atom. The second kappa shape index (κ2) is 2.05. The van der Waals surface area contributed by atoms with Gasteiger partial charge in [0, 0.05) is 0 Å². The molecule has 0 bridgehead atoms. The predicted octanol–water partition coefficient (Wildman–Crippen LogP) is 1.41. The molecule has 5 heteroatoms. The van der Waals surface area contributed by atoms with Gasteiger partial charge in [-0.1, -0.05) is 21.9 Å². The summed E-state index contributed by atoms with van der Waals surface area (Å²) in [5.41, 5.74) is 5.24. The van der Waals surface area contributed by atoms with Crippen molar-refractivity contribution in [2.24, 2.45) is 0 Å². The summed E-state index contributed by atoms with van der Waals surface area (Å²) in [4.78, 5) is 10.5. The van der Waals surface area contributed by atoms with Crippen LogP contribution in [0.5, 0.6) is 0 Å². The predicted molar refractivity (Wildman–Crippen MR) is 37.9 cm³/mol. The van der Waals surface area contributed by atoms with Crippen LogP contribution in [0.1, 0.15) is 0 Å². The lowest BCUT2D eigenvalue weighted by molar-refractivity contribution is 1.85. The average Bonchev–Trinajstić information content (AvgIpc) is 1.98. The van der Waals surface area contributed by atoms with Crippen molar-refractivity contribution in [3.05, 3.63) is 14.6 Å². The maximum absolute atomic E-state index is 10.5. The molecule has 2 nitrogen and oxygen atoms in total. The van der Waals surface area contributed by atoms with Crippen molar-refractivity contribution in [1.29, 1.82) is 0 Å². The van der Waals surface area contributed by atoms with Gasteiger partial charge in [0.25, 0.3) is 4.74 Å². The highest BCUT2D eigenvalue weighted by atomic mass is 35.5. The lowest BCUT2D eigenvalue weighted by atomic mass is 10.7. The third-order valence-corrected chi connectivity index (χ3v) is 3.27. The van der Waals surface area contributed by atoms with Gasteiger partial charge in [0.2, 0.25) is 0 Å². The first kappa shape index (κ1) is 6.07. The molecule has 0 fully saturated rings. The lowest BCUT2D eigenvalue weighted by Gasteiger charge is -1.75. The number of rotatable bonds is 0. The number of hydrogen-bond acceptors (Lipinski definition) is 4. The molecule has 0 atom stereocenters. The first-order valence-electron chi connectivity index (χ1n) is 1.76. The van der Waals surface area contributed by atoms with Crippen LogP contribution in [0.25, 0.3) is 0 Å². The van der Waals surface area contributed by atoms with Crippen molar-refractivity contribution >= 4 is 37.3 Å². The summed E-state index contributed by atoms with van der Waals surface area (Å²) in [7, 11) is 2.27. The molecule has 1 aromatic rings. The standard InChI is InChI=1S/C3H2ClNOS2/c4-1-2(5)7-8-3(1)6/h5H2. The van der Waals surface area contributed by atoms with Crippen LogP contribution in [0, 0.1) is 0 Å². The van der Waals surface area contributed by atoms with Gasteiger partial charge in [-0.3, -0.25) is 4.79 Å². The van der Waals surface area contributed by atoms with Crippen molar-refractivity contribution in [2.75, 3.05) is 5.73 Å². The van der Waals surface area contributed by atoms with Crippen LogP contribution in [0.3, 0.4) is 0 Å². The molecule has 1 heterocycles.